The molecule has 1 heterocycles. The fourth-order valence-electron chi connectivity index (χ4n) is 3.06. The third kappa shape index (κ3) is 2.71. The summed E-state index contributed by atoms with van der Waals surface area (Å²) in [5.74, 6) is 1.85. The van der Waals surface area contributed by atoms with Crippen LogP contribution in [0.25, 0.3) is 0 Å². The highest BCUT2D eigenvalue weighted by Gasteiger charge is 2.35. The van der Waals surface area contributed by atoms with E-state index in [1.807, 2.05) is 0 Å². The number of hydrogen-bond donors (Lipinski definition) is 0. The molecule has 2 rings (SSSR count). The fourth-order valence-corrected chi connectivity index (χ4v) is 3.06. The first-order valence-corrected chi connectivity index (χ1v) is 6.09. The molecule has 3 heteroatoms. The average molecular weight is 211 g/mol. The monoisotopic (exact) mass is 211 g/mol. The Bertz CT molecular complexity index is 218. The van der Waals surface area contributed by atoms with Crippen LogP contribution in [-0.2, 0) is 9.53 Å². The molecule has 2 unspecified atom stereocenters. The summed E-state index contributed by atoms with van der Waals surface area (Å²) in [6.07, 6.45) is 5.82. The summed E-state index contributed by atoms with van der Waals surface area (Å²) in [4.78, 5) is 13.5. The van der Waals surface area contributed by atoms with E-state index in [9.17, 15) is 4.79 Å². The van der Waals surface area contributed by atoms with Crippen LogP contribution in [0.2, 0.25) is 0 Å². The van der Waals surface area contributed by atoms with Gasteiger partial charge in [0.15, 0.2) is 0 Å². The molecule has 86 valence electrons. The number of methoxy groups -OCH3 is 1. The van der Waals surface area contributed by atoms with Crippen molar-refractivity contribution < 1.29 is 9.53 Å². The second-order valence-corrected chi connectivity index (χ2v) is 4.89. The second kappa shape index (κ2) is 4.97. The van der Waals surface area contributed by atoms with Gasteiger partial charge >= 0.3 is 5.97 Å². The maximum Gasteiger partial charge on any atom is 0.305 e. The van der Waals surface area contributed by atoms with Crippen molar-refractivity contribution in [3.8, 4) is 0 Å². The first-order chi connectivity index (χ1) is 7.29. The Morgan fingerprint density at radius 2 is 2.00 bits per heavy atom. The minimum absolute atomic E-state index is 0.0746. The van der Waals surface area contributed by atoms with Gasteiger partial charge < -0.3 is 9.64 Å². The molecule has 1 aliphatic carbocycles. The Labute approximate surface area is 91.8 Å². The van der Waals surface area contributed by atoms with E-state index in [1.165, 1.54) is 39.5 Å². The molecule has 2 atom stereocenters. The molecule has 0 aromatic carbocycles. The van der Waals surface area contributed by atoms with Crippen LogP contribution in [0.15, 0.2) is 0 Å². The number of fused-ring (bicyclic) bond motifs is 1. The van der Waals surface area contributed by atoms with Crippen LogP contribution >= 0.6 is 0 Å². The molecule has 3 nitrogen and oxygen atoms in total. The third-order valence-corrected chi connectivity index (χ3v) is 3.88. The van der Waals surface area contributed by atoms with Gasteiger partial charge in [-0.3, -0.25) is 4.79 Å². The lowest BCUT2D eigenvalue weighted by atomic mass is 10.0. The molecule has 0 aromatic rings. The van der Waals surface area contributed by atoms with Gasteiger partial charge in [0.1, 0.15) is 0 Å². The molecule has 1 aliphatic heterocycles. The van der Waals surface area contributed by atoms with E-state index in [1.54, 1.807) is 0 Å². The van der Waals surface area contributed by atoms with Crippen molar-refractivity contribution in [3.05, 3.63) is 0 Å². The number of hydrogen-bond acceptors (Lipinski definition) is 3. The minimum atomic E-state index is -0.0746. The zero-order valence-corrected chi connectivity index (χ0v) is 9.58. The van der Waals surface area contributed by atoms with Gasteiger partial charge in [-0.15, -0.1) is 0 Å². The van der Waals surface area contributed by atoms with Crippen LogP contribution in [0.5, 0.6) is 0 Å². The maximum atomic E-state index is 10.9. The summed E-state index contributed by atoms with van der Waals surface area (Å²) >= 11 is 0. The maximum absolute atomic E-state index is 10.9. The number of esters is 1. The summed E-state index contributed by atoms with van der Waals surface area (Å²) in [7, 11) is 1.46. The van der Waals surface area contributed by atoms with Crippen molar-refractivity contribution in [1.82, 2.24) is 4.90 Å². The van der Waals surface area contributed by atoms with Crippen molar-refractivity contribution in [2.75, 3.05) is 26.7 Å². The molecule has 0 radical (unpaired) electrons. The predicted octanol–water partition coefficient (Wildman–Crippen LogP) is 1.67. The van der Waals surface area contributed by atoms with Crippen molar-refractivity contribution >= 4 is 5.97 Å². The lowest BCUT2D eigenvalue weighted by Gasteiger charge is -2.15. The summed E-state index contributed by atoms with van der Waals surface area (Å²) in [6, 6.07) is 0. The van der Waals surface area contributed by atoms with Gasteiger partial charge in [-0.05, 0) is 37.6 Å². The van der Waals surface area contributed by atoms with Crippen molar-refractivity contribution in [2.24, 2.45) is 11.8 Å². The average Bonchev–Trinajstić information content (AvgIpc) is 2.77. The van der Waals surface area contributed by atoms with E-state index in [-0.39, 0.29) is 5.97 Å². The normalized spacial score (nSPS) is 30.5. The molecule has 15 heavy (non-hydrogen) atoms. The standard InChI is InChI=1S/C12H21NO2/c1-15-12(14)6-3-7-13-8-10-4-2-5-11(10)9-13/h10-11H,2-9H2,1H3. The first kappa shape index (κ1) is 10.9. The highest BCUT2D eigenvalue weighted by molar-refractivity contribution is 5.69. The van der Waals surface area contributed by atoms with Crippen molar-refractivity contribution in [3.63, 3.8) is 0 Å². The highest BCUT2D eigenvalue weighted by Crippen LogP contribution is 2.37. The van der Waals surface area contributed by atoms with Gasteiger partial charge in [-0.25, -0.2) is 0 Å². The second-order valence-electron chi connectivity index (χ2n) is 4.89. The largest absolute Gasteiger partial charge is 0.469 e. The molecule has 0 aromatic heterocycles. The molecule has 0 bridgehead atoms. The minimum Gasteiger partial charge on any atom is -0.469 e. The molecule has 0 spiro atoms. The van der Waals surface area contributed by atoms with E-state index < -0.39 is 0 Å². The Morgan fingerprint density at radius 1 is 1.33 bits per heavy atom. The highest BCUT2D eigenvalue weighted by atomic mass is 16.5. The van der Waals surface area contributed by atoms with Gasteiger partial charge in [0.2, 0.25) is 0 Å². The van der Waals surface area contributed by atoms with E-state index in [0.717, 1.165) is 24.8 Å². The Kier molecular flexibility index (Phi) is 3.62. The van der Waals surface area contributed by atoms with Crippen LogP contribution in [0.1, 0.15) is 32.1 Å². The van der Waals surface area contributed by atoms with Gasteiger partial charge in [0, 0.05) is 19.5 Å². The van der Waals surface area contributed by atoms with E-state index in [2.05, 4.69) is 9.64 Å². The zero-order chi connectivity index (χ0) is 10.7. The lowest BCUT2D eigenvalue weighted by molar-refractivity contribution is -0.140. The van der Waals surface area contributed by atoms with Gasteiger partial charge in [-0.2, -0.15) is 0 Å². The number of carbonyl (C=O) groups is 1. The summed E-state index contributed by atoms with van der Waals surface area (Å²) in [5.41, 5.74) is 0. The third-order valence-electron chi connectivity index (χ3n) is 3.88. The Morgan fingerprint density at radius 3 is 2.60 bits per heavy atom. The van der Waals surface area contributed by atoms with Crippen LogP contribution in [0.3, 0.4) is 0 Å². The number of nitrogens with zero attached hydrogens (tertiary/aromatic N) is 1. The zero-order valence-electron chi connectivity index (χ0n) is 9.58. The quantitative estimate of drug-likeness (QED) is 0.662. The van der Waals surface area contributed by atoms with Crippen LogP contribution in [0, 0.1) is 11.8 Å². The smallest absolute Gasteiger partial charge is 0.305 e. The Balaban J connectivity index is 1.63. The van der Waals surface area contributed by atoms with Crippen molar-refractivity contribution in [1.29, 1.82) is 0 Å². The molecular formula is C12H21NO2. The summed E-state index contributed by atoms with van der Waals surface area (Å²) in [5, 5.41) is 0. The molecule has 2 aliphatic rings. The van der Waals surface area contributed by atoms with E-state index in [0.29, 0.717) is 6.42 Å². The van der Waals surface area contributed by atoms with Gasteiger partial charge in [-0.1, -0.05) is 6.42 Å². The topological polar surface area (TPSA) is 29.5 Å². The predicted molar refractivity (Wildman–Crippen MR) is 58.5 cm³/mol. The molecule has 2 fully saturated rings. The molecule has 0 N–H and O–H groups in total. The molecule has 1 saturated heterocycles. The van der Waals surface area contributed by atoms with E-state index in [4.69, 9.17) is 0 Å². The summed E-state index contributed by atoms with van der Waals surface area (Å²) in [6.45, 7) is 3.61. The Hall–Kier alpha value is -0.570. The van der Waals surface area contributed by atoms with Gasteiger partial charge in [0.05, 0.1) is 7.11 Å². The fraction of sp³-hybridized carbons (Fsp3) is 0.917. The SMILES string of the molecule is COC(=O)CCCN1CC2CCCC2C1. The molecule has 1 saturated carbocycles. The first-order valence-electron chi connectivity index (χ1n) is 6.09. The van der Waals surface area contributed by atoms with Gasteiger partial charge in [0.25, 0.3) is 0 Å². The lowest BCUT2D eigenvalue weighted by Crippen LogP contribution is -2.23. The van der Waals surface area contributed by atoms with Crippen LogP contribution in [0.4, 0.5) is 0 Å². The number of likely N-dealkylation sites (tertiary alicyclic amines) is 1. The number of rotatable bonds is 4. The number of ether oxygens (including phenoxy) is 1. The van der Waals surface area contributed by atoms with Crippen LogP contribution < -0.4 is 0 Å². The van der Waals surface area contributed by atoms with Crippen molar-refractivity contribution in [2.45, 2.75) is 32.1 Å². The molecule has 0 amide bonds. The number of carbonyl (C=O) groups excluding carboxylic acids is 1. The summed E-state index contributed by atoms with van der Waals surface area (Å²) < 4.78 is 4.63. The van der Waals surface area contributed by atoms with Crippen LogP contribution in [-0.4, -0.2) is 37.6 Å². The van der Waals surface area contributed by atoms with E-state index >= 15 is 0 Å². The molecular weight excluding hydrogens is 190 g/mol.